The molecule has 0 bridgehead atoms. The number of halogens is 1. The van der Waals surface area contributed by atoms with Gasteiger partial charge in [0.2, 0.25) is 5.91 Å². The molecule has 64 valence electrons. The molecule has 1 amide bonds. The van der Waals surface area contributed by atoms with Crippen molar-refractivity contribution >= 4 is 5.91 Å². The van der Waals surface area contributed by atoms with Gasteiger partial charge >= 0.3 is 0 Å². The first-order valence-corrected chi connectivity index (χ1v) is 3.86. The van der Waals surface area contributed by atoms with Gasteiger partial charge in [-0.3, -0.25) is 4.79 Å². The molecule has 1 heterocycles. The normalized spacial score (nSPS) is 24.2. The van der Waals surface area contributed by atoms with Gasteiger partial charge in [0.1, 0.15) is 6.17 Å². The average Bonchev–Trinajstić information content (AvgIpc) is 2.36. The molecule has 1 rings (SSSR count). The van der Waals surface area contributed by atoms with E-state index in [4.69, 9.17) is 5.73 Å². The Morgan fingerprint density at radius 2 is 2.45 bits per heavy atom. The lowest BCUT2D eigenvalue weighted by molar-refractivity contribution is -0.130. The summed E-state index contributed by atoms with van der Waals surface area (Å²) in [5.41, 5.74) is 5.19. The van der Waals surface area contributed by atoms with Crippen LogP contribution in [0.25, 0.3) is 0 Å². The lowest BCUT2D eigenvalue weighted by atomic mass is 10.3. The summed E-state index contributed by atoms with van der Waals surface area (Å²) in [6, 6.07) is 0. The number of amides is 1. The number of hydrogen-bond acceptors (Lipinski definition) is 2. The number of alkyl halides is 1. The van der Waals surface area contributed by atoms with Gasteiger partial charge < -0.3 is 10.6 Å². The molecule has 1 aliphatic heterocycles. The molecule has 0 saturated carbocycles. The first-order chi connectivity index (χ1) is 5.24. The van der Waals surface area contributed by atoms with Crippen LogP contribution >= 0.6 is 0 Å². The highest BCUT2D eigenvalue weighted by atomic mass is 19.1. The Bertz CT molecular complexity index is 151. The fourth-order valence-corrected chi connectivity index (χ4v) is 1.23. The van der Waals surface area contributed by atoms with Crippen LogP contribution in [0.4, 0.5) is 4.39 Å². The van der Waals surface area contributed by atoms with Gasteiger partial charge in [-0.25, -0.2) is 4.39 Å². The lowest BCUT2D eigenvalue weighted by Gasteiger charge is -2.13. The minimum atomic E-state index is -0.822. The molecule has 0 spiro atoms. The number of nitrogens with zero attached hydrogens (tertiary/aromatic N) is 1. The maximum atomic E-state index is 12.5. The number of carbonyl (C=O) groups excluding carboxylic acids is 1. The Balaban J connectivity index is 2.31. The van der Waals surface area contributed by atoms with Gasteiger partial charge in [-0.1, -0.05) is 0 Å². The van der Waals surface area contributed by atoms with Crippen LogP contribution in [-0.4, -0.2) is 36.6 Å². The minimum Gasteiger partial charge on any atom is -0.340 e. The molecule has 0 aromatic heterocycles. The zero-order chi connectivity index (χ0) is 8.27. The summed E-state index contributed by atoms with van der Waals surface area (Å²) in [6.07, 6.45) is -0.0000255. The number of carbonyl (C=O) groups is 1. The number of likely N-dealkylation sites (tertiary alicyclic amines) is 1. The van der Waals surface area contributed by atoms with E-state index < -0.39 is 6.17 Å². The second kappa shape index (κ2) is 3.67. The number of rotatable bonds is 2. The summed E-state index contributed by atoms with van der Waals surface area (Å²) < 4.78 is 12.5. The molecule has 1 saturated heterocycles. The Kier molecular flexibility index (Phi) is 2.82. The van der Waals surface area contributed by atoms with E-state index in [1.807, 2.05) is 0 Å². The second-order valence-corrected chi connectivity index (χ2v) is 2.76. The lowest BCUT2D eigenvalue weighted by Crippen LogP contribution is -2.30. The van der Waals surface area contributed by atoms with Crippen molar-refractivity contribution in [1.82, 2.24) is 4.90 Å². The van der Waals surface area contributed by atoms with Gasteiger partial charge in [0.05, 0.1) is 6.54 Å². The summed E-state index contributed by atoms with van der Waals surface area (Å²) in [5, 5.41) is 0. The zero-order valence-electron chi connectivity index (χ0n) is 6.42. The highest BCUT2D eigenvalue weighted by Gasteiger charge is 2.24. The quantitative estimate of drug-likeness (QED) is 0.613. The second-order valence-electron chi connectivity index (χ2n) is 2.76. The minimum absolute atomic E-state index is 0.0207. The average molecular weight is 160 g/mol. The third-order valence-electron chi connectivity index (χ3n) is 1.84. The standard InChI is InChI=1S/C7H13FN2O/c8-6-2-4-10(5-6)7(11)1-3-9/h6H,1-5,9H2. The van der Waals surface area contributed by atoms with Gasteiger partial charge in [-0.15, -0.1) is 0 Å². The van der Waals surface area contributed by atoms with Crippen molar-refractivity contribution in [2.45, 2.75) is 19.0 Å². The van der Waals surface area contributed by atoms with E-state index in [0.717, 1.165) is 0 Å². The Morgan fingerprint density at radius 1 is 1.73 bits per heavy atom. The van der Waals surface area contributed by atoms with Gasteiger partial charge in [0.25, 0.3) is 0 Å². The summed E-state index contributed by atoms with van der Waals surface area (Å²) in [5.74, 6) is -0.0207. The molecule has 11 heavy (non-hydrogen) atoms. The van der Waals surface area contributed by atoms with Crippen molar-refractivity contribution in [2.75, 3.05) is 19.6 Å². The maximum Gasteiger partial charge on any atom is 0.223 e. The van der Waals surface area contributed by atoms with Gasteiger partial charge in [-0.05, 0) is 6.42 Å². The Labute approximate surface area is 65.3 Å². The van der Waals surface area contributed by atoms with E-state index in [2.05, 4.69) is 0 Å². The highest BCUT2D eigenvalue weighted by Crippen LogP contribution is 2.12. The van der Waals surface area contributed by atoms with Crippen molar-refractivity contribution in [3.63, 3.8) is 0 Å². The first-order valence-electron chi connectivity index (χ1n) is 3.86. The molecular weight excluding hydrogens is 147 g/mol. The van der Waals surface area contributed by atoms with Crippen LogP contribution in [0.5, 0.6) is 0 Å². The number of nitrogens with two attached hydrogens (primary N) is 1. The van der Waals surface area contributed by atoms with Crippen molar-refractivity contribution in [1.29, 1.82) is 0 Å². The molecule has 0 aliphatic carbocycles. The Morgan fingerprint density at radius 3 is 2.91 bits per heavy atom. The fourth-order valence-electron chi connectivity index (χ4n) is 1.23. The summed E-state index contributed by atoms with van der Waals surface area (Å²) in [4.78, 5) is 12.6. The molecule has 1 fully saturated rings. The van der Waals surface area contributed by atoms with Crippen molar-refractivity contribution < 1.29 is 9.18 Å². The van der Waals surface area contributed by atoms with Crippen LogP contribution in [0.3, 0.4) is 0 Å². The van der Waals surface area contributed by atoms with E-state index in [0.29, 0.717) is 25.9 Å². The molecular formula is C7H13FN2O. The van der Waals surface area contributed by atoms with Gasteiger partial charge in [0, 0.05) is 19.5 Å². The van der Waals surface area contributed by atoms with Crippen LogP contribution in [0.2, 0.25) is 0 Å². The topological polar surface area (TPSA) is 46.3 Å². The van der Waals surface area contributed by atoms with E-state index in [-0.39, 0.29) is 12.5 Å². The Hall–Kier alpha value is -0.640. The summed E-state index contributed by atoms with van der Waals surface area (Å²) in [7, 11) is 0. The maximum absolute atomic E-state index is 12.5. The van der Waals surface area contributed by atoms with E-state index in [1.54, 1.807) is 0 Å². The molecule has 1 atom stereocenters. The summed E-state index contributed by atoms with van der Waals surface area (Å²) in [6.45, 7) is 1.17. The monoisotopic (exact) mass is 160 g/mol. The van der Waals surface area contributed by atoms with Crippen molar-refractivity contribution in [2.24, 2.45) is 5.73 Å². The van der Waals surface area contributed by atoms with Crippen molar-refractivity contribution in [3.8, 4) is 0 Å². The molecule has 4 heteroatoms. The fraction of sp³-hybridized carbons (Fsp3) is 0.857. The molecule has 1 unspecified atom stereocenters. The molecule has 0 aromatic carbocycles. The molecule has 0 radical (unpaired) electrons. The van der Waals surface area contributed by atoms with E-state index in [1.165, 1.54) is 4.90 Å². The van der Waals surface area contributed by atoms with Crippen LogP contribution in [0.15, 0.2) is 0 Å². The van der Waals surface area contributed by atoms with Crippen LogP contribution in [-0.2, 0) is 4.79 Å². The van der Waals surface area contributed by atoms with E-state index >= 15 is 0 Å². The van der Waals surface area contributed by atoms with Gasteiger partial charge in [0.15, 0.2) is 0 Å². The predicted octanol–water partition coefficient (Wildman–Crippen LogP) is -0.0944. The molecule has 3 nitrogen and oxygen atoms in total. The SMILES string of the molecule is NCCC(=O)N1CCC(F)C1. The highest BCUT2D eigenvalue weighted by molar-refractivity contribution is 5.76. The molecule has 2 N–H and O–H groups in total. The van der Waals surface area contributed by atoms with Crippen molar-refractivity contribution in [3.05, 3.63) is 0 Å². The smallest absolute Gasteiger partial charge is 0.223 e. The predicted molar refractivity (Wildman–Crippen MR) is 39.8 cm³/mol. The zero-order valence-corrected chi connectivity index (χ0v) is 6.42. The largest absolute Gasteiger partial charge is 0.340 e. The first kappa shape index (κ1) is 8.46. The van der Waals surface area contributed by atoms with Gasteiger partial charge in [-0.2, -0.15) is 0 Å². The summed E-state index contributed by atoms with van der Waals surface area (Å²) >= 11 is 0. The van der Waals surface area contributed by atoms with Crippen LogP contribution in [0.1, 0.15) is 12.8 Å². The molecule has 0 aromatic rings. The van der Waals surface area contributed by atoms with Crippen LogP contribution < -0.4 is 5.73 Å². The van der Waals surface area contributed by atoms with E-state index in [9.17, 15) is 9.18 Å². The van der Waals surface area contributed by atoms with Crippen LogP contribution in [0, 0.1) is 0 Å². The third kappa shape index (κ3) is 2.15. The third-order valence-corrected chi connectivity index (χ3v) is 1.84. The number of hydrogen-bond donors (Lipinski definition) is 1. The molecule has 1 aliphatic rings.